The van der Waals surface area contributed by atoms with E-state index >= 15 is 0 Å². The van der Waals surface area contributed by atoms with Crippen LogP contribution >= 0.6 is 0 Å². The fourth-order valence-electron chi connectivity index (χ4n) is 3.96. The van der Waals surface area contributed by atoms with Crippen LogP contribution in [0, 0.1) is 5.41 Å². The molecule has 0 N–H and O–H groups in total. The molecule has 0 aromatic heterocycles. The Balaban J connectivity index is 2.51. The summed E-state index contributed by atoms with van der Waals surface area (Å²) >= 11 is 0. The van der Waals surface area contributed by atoms with Gasteiger partial charge in [0.2, 0.25) is 0 Å². The van der Waals surface area contributed by atoms with Crippen molar-refractivity contribution in [2.75, 3.05) is 31.9 Å². The van der Waals surface area contributed by atoms with Crippen LogP contribution in [-0.4, -0.2) is 41.7 Å². The summed E-state index contributed by atoms with van der Waals surface area (Å²) in [5, 5.41) is 0. The third-order valence-electron chi connectivity index (χ3n) is 5.96. The average molecular weight is 472 g/mol. The van der Waals surface area contributed by atoms with Gasteiger partial charge in [-0.2, -0.15) is 0 Å². The first-order valence-electron chi connectivity index (χ1n) is 11.4. The predicted molar refractivity (Wildman–Crippen MR) is 136 cm³/mol. The van der Waals surface area contributed by atoms with Crippen molar-refractivity contribution in [3.8, 4) is 5.75 Å². The van der Waals surface area contributed by atoms with E-state index in [4.69, 9.17) is 4.74 Å². The van der Waals surface area contributed by atoms with Gasteiger partial charge in [-0.15, -0.1) is 0 Å². The largest absolute Gasteiger partial charge is 0.497 e. The molecule has 0 heterocycles. The standard InChI is InChI=1S/C27H37NO4S/c1-6-8-16-27(20-29,17-9-7-2)21-33(30,31)26-15-12-24(28(3)4)19-23(26)18-22-10-13-25(32-5)14-11-22/h6,8,10-15,19-20H,7,9,16-18,21H2,1-5H3/b8-6+/t27-/m1/s1. The fourth-order valence-corrected chi connectivity index (χ4v) is 6.01. The molecule has 6 heteroatoms. The molecule has 2 aromatic rings. The zero-order valence-corrected chi connectivity index (χ0v) is 21.3. The first kappa shape index (κ1) is 26.7. The molecular formula is C27H37NO4S. The minimum atomic E-state index is -3.71. The zero-order valence-electron chi connectivity index (χ0n) is 20.5. The van der Waals surface area contributed by atoms with E-state index in [1.54, 1.807) is 13.2 Å². The molecule has 5 nitrogen and oxygen atoms in total. The van der Waals surface area contributed by atoms with E-state index in [1.807, 2.05) is 81.4 Å². The van der Waals surface area contributed by atoms with E-state index in [1.165, 1.54) is 0 Å². The first-order chi connectivity index (χ1) is 15.7. The SMILES string of the molecule is C/C=C/C[C@](C=O)(CCCC)CS(=O)(=O)c1ccc(N(C)C)cc1Cc1ccc(OC)cc1. The number of rotatable bonds is 13. The van der Waals surface area contributed by atoms with Crippen molar-refractivity contribution in [1.29, 1.82) is 0 Å². The molecule has 0 unspecified atom stereocenters. The Morgan fingerprint density at radius 1 is 1.09 bits per heavy atom. The van der Waals surface area contributed by atoms with Crippen LogP contribution in [0.2, 0.25) is 0 Å². The highest BCUT2D eigenvalue weighted by molar-refractivity contribution is 7.91. The van der Waals surface area contributed by atoms with Crippen molar-refractivity contribution in [3.05, 3.63) is 65.7 Å². The summed E-state index contributed by atoms with van der Waals surface area (Å²) < 4.78 is 32.7. The predicted octanol–water partition coefficient (Wildman–Crippen LogP) is 5.47. The quantitative estimate of drug-likeness (QED) is 0.286. The zero-order chi connectivity index (χ0) is 24.5. The van der Waals surface area contributed by atoms with Crippen LogP contribution < -0.4 is 9.64 Å². The number of carbonyl (C=O) groups excluding carboxylic acids is 1. The molecule has 0 aliphatic heterocycles. The fraction of sp³-hybridized carbons (Fsp3) is 0.444. The van der Waals surface area contributed by atoms with Gasteiger partial charge in [0, 0.05) is 25.2 Å². The average Bonchev–Trinajstić information content (AvgIpc) is 2.81. The number of unbranched alkanes of at least 4 members (excludes halogenated alkanes) is 1. The van der Waals surface area contributed by atoms with E-state index in [0.29, 0.717) is 24.2 Å². The molecular weight excluding hydrogens is 434 g/mol. The van der Waals surface area contributed by atoms with Crippen LogP contribution in [-0.2, 0) is 21.1 Å². The number of benzene rings is 2. The highest BCUT2D eigenvalue weighted by Gasteiger charge is 2.35. The summed E-state index contributed by atoms with van der Waals surface area (Å²) in [7, 11) is 1.77. The van der Waals surface area contributed by atoms with E-state index < -0.39 is 15.3 Å². The Kier molecular flexibility index (Phi) is 9.71. The van der Waals surface area contributed by atoms with Gasteiger partial charge in [-0.1, -0.05) is 44.1 Å². The van der Waals surface area contributed by atoms with Gasteiger partial charge in [0.15, 0.2) is 9.84 Å². The Hall–Kier alpha value is -2.60. The summed E-state index contributed by atoms with van der Waals surface area (Å²) in [4.78, 5) is 14.5. The van der Waals surface area contributed by atoms with Crippen molar-refractivity contribution >= 4 is 21.8 Å². The highest BCUT2D eigenvalue weighted by atomic mass is 32.2. The van der Waals surface area contributed by atoms with Crippen molar-refractivity contribution in [1.82, 2.24) is 0 Å². The topological polar surface area (TPSA) is 63.7 Å². The number of allylic oxidation sites excluding steroid dienone is 2. The van der Waals surface area contributed by atoms with Crippen molar-refractivity contribution in [3.63, 3.8) is 0 Å². The maximum absolute atomic E-state index is 13.7. The third kappa shape index (κ3) is 7.19. The molecule has 2 aromatic carbocycles. The van der Waals surface area contributed by atoms with E-state index in [0.717, 1.165) is 41.7 Å². The molecule has 0 saturated carbocycles. The van der Waals surface area contributed by atoms with Crippen LogP contribution in [0.5, 0.6) is 5.75 Å². The molecule has 0 saturated heterocycles. The lowest BCUT2D eigenvalue weighted by Gasteiger charge is -2.27. The minimum Gasteiger partial charge on any atom is -0.497 e. The number of sulfone groups is 1. The molecule has 0 amide bonds. The molecule has 0 aliphatic carbocycles. The molecule has 1 atom stereocenters. The number of hydrogen-bond donors (Lipinski definition) is 0. The number of methoxy groups -OCH3 is 1. The Labute approximate surface area is 199 Å². The minimum absolute atomic E-state index is 0.190. The smallest absolute Gasteiger partial charge is 0.179 e. The number of nitrogens with zero attached hydrogens (tertiary/aromatic N) is 1. The summed E-state index contributed by atoms with van der Waals surface area (Å²) in [6, 6.07) is 13.1. The van der Waals surface area contributed by atoms with Gasteiger partial charge in [-0.25, -0.2) is 8.42 Å². The number of hydrogen-bond acceptors (Lipinski definition) is 5. The molecule has 180 valence electrons. The lowest BCUT2D eigenvalue weighted by molar-refractivity contribution is -0.115. The number of aldehydes is 1. The van der Waals surface area contributed by atoms with Gasteiger partial charge in [0.1, 0.15) is 12.0 Å². The summed E-state index contributed by atoms with van der Waals surface area (Å²) in [5.41, 5.74) is 1.73. The number of anilines is 1. The maximum Gasteiger partial charge on any atom is 0.179 e. The first-order valence-corrected chi connectivity index (χ1v) is 13.1. The lowest BCUT2D eigenvalue weighted by Crippen LogP contribution is -2.32. The molecule has 0 aliphatic rings. The van der Waals surface area contributed by atoms with Crippen LogP contribution in [0.3, 0.4) is 0 Å². The summed E-state index contributed by atoms with van der Waals surface area (Å²) in [6.07, 6.45) is 7.80. The van der Waals surface area contributed by atoms with Crippen molar-refractivity contribution in [2.24, 2.45) is 5.41 Å². The van der Waals surface area contributed by atoms with Crippen molar-refractivity contribution < 1.29 is 17.9 Å². The van der Waals surface area contributed by atoms with Crippen molar-refractivity contribution in [2.45, 2.75) is 50.8 Å². The normalized spacial score (nSPS) is 13.6. The van der Waals surface area contributed by atoms with Gasteiger partial charge in [0.05, 0.1) is 17.8 Å². The van der Waals surface area contributed by atoms with Gasteiger partial charge in [-0.05, 0) is 67.6 Å². The number of ether oxygens (including phenoxy) is 1. The van der Waals surface area contributed by atoms with Gasteiger partial charge in [0.25, 0.3) is 0 Å². The molecule has 33 heavy (non-hydrogen) atoms. The van der Waals surface area contributed by atoms with E-state index in [-0.39, 0.29) is 5.75 Å². The van der Waals surface area contributed by atoms with Gasteiger partial charge < -0.3 is 14.4 Å². The van der Waals surface area contributed by atoms with Gasteiger partial charge >= 0.3 is 0 Å². The monoisotopic (exact) mass is 471 g/mol. The molecule has 0 radical (unpaired) electrons. The van der Waals surface area contributed by atoms with Crippen LogP contribution in [0.4, 0.5) is 5.69 Å². The Bertz CT molecular complexity index is 1040. The van der Waals surface area contributed by atoms with E-state index in [2.05, 4.69) is 0 Å². The molecule has 0 fully saturated rings. The molecule has 2 rings (SSSR count). The Morgan fingerprint density at radius 2 is 1.79 bits per heavy atom. The van der Waals surface area contributed by atoms with Crippen LogP contribution in [0.1, 0.15) is 50.7 Å². The summed E-state index contributed by atoms with van der Waals surface area (Å²) in [5.74, 6) is 0.564. The Morgan fingerprint density at radius 3 is 2.33 bits per heavy atom. The van der Waals surface area contributed by atoms with Crippen LogP contribution in [0.25, 0.3) is 0 Å². The maximum atomic E-state index is 13.7. The number of carbonyl (C=O) groups is 1. The van der Waals surface area contributed by atoms with Gasteiger partial charge in [-0.3, -0.25) is 0 Å². The summed E-state index contributed by atoms with van der Waals surface area (Å²) in [6.45, 7) is 3.93. The third-order valence-corrected chi connectivity index (χ3v) is 7.99. The second-order valence-corrected chi connectivity index (χ2v) is 10.8. The lowest BCUT2D eigenvalue weighted by atomic mass is 9.83. The highest BCUT2D eigenvalue weighted by Crippen LogP contribution is 2.34. The molecule has 0 spiro atoms. The van der Waals surface area contributed by atoms with Crippen LogP contribution in [0.15, 0.2) is 59.5 Å². The van der Waals surface area contributed by atoms with E-state index in [9.17, 15) is 13.2 Å². The molecule has 0 bridgehead atoms. The second kappa shape index (κ2) is 12.0. The second-order valence-electron chi connectivity index (χ2n) is 8.83.